The molecule has 2 aliphatic rings. The molecule has 0 aromatic heterocycles. The van der Waals surface area contributed by atoms with Gasteiger partial charge in [0.15, 0.2) is 0 Å². The zero-order valence-electron chi connectivity index (χ0n) is 12.2. The second-order valence-corrected chi connectivity index (χ2v) is 6.31. The van der Waals surface area contributed by atoms with Crippen LogP contribution in [-0.2, 0) is 6.42 Å². The molecule has 2 nitrogen and oxygen atoms in total. The van der Waals surface area contributed by atoms with Gasteiger partial charge in [-0.05, 0) is 56.6 Å². The number of nitrogens with two attached hydrogens (primary N) is 1. The summed E-state index contributed by atoms with van der Waals surface area (Å²) in [7, 11) is 0. The van der Waals surface area contributed by atoms with Crippen LogP contribution in [0.25, 0.3) is 0 Å². The number of para-hydroxylation sites is 1. The topological polar surface area (TPSA) is 29.3 Å². The van der Waals surface area contributed by atoms with Gasteiger partial charge in [0.1, 0.15) is 0 Å². The van der Waals surface area contributed by atoms with Crippen molar-refractivity contribution in [3.63, 3.8) is 0 Å². The molecule has 2 N–H and O–H groups in total. The smallest absolute Gasteiger partial charge is 0.0433 e. The number of benzene rings is 1. The first kappa shape index (κ1) is 13.0. The molecule has 104 valence electrons. The Morgan fingerprint density at radius 2 is 1.89 bits per heavy atom. The van der Waals surface area contributed by atoms with E-state index < -0.39 is 0 Å². The Balaban J connectivity index is 2.01. The molecule has 0 spiro atoms. The lowest BCUT2D eigenvalue weighted by atomic mass is 9.81. The predicted molar refractivity (Wildman–Crippen MR) is 81.7 cm³/mol. The highest BCUT2D eigenvalue weighted by Gasteiger charge is 2.38. The van der Waals surface area contributed by atoms with Gasteiger partial charge >= 0.3 is 0 Å². The first-order chi connectivity index (χ1) is 9.20. The van der Waals surface area contributed by atoms with Gasteiger partial charge in [-0.15, -0.1) is 0 Å². The van der Waals surface area contributed by atoms with E-state index in [1.807, 2.05) is 0 Å². The van der Waals surface area contributed by atoms with E-state index >= 15 is 0 Å². The maximum Gasteiger partial charge on any atom is 0.0433 e. The first-order valence-corrected chi connectivity index (χ1v) is 7.83. The van der Waals surface area contributed by atoms with Crippen molar-refractivity contribution in [1.82, 2.24) is 0 Å². The van der Waals surface area contributed by atoms with E-state index in [2.05, 4.69) is 36.9 Å². The van der Waals surface area contributed by atoms with E-state index in [4.69, 9.17) is 5.73 Å². The standard InChI is InChI=1S/C17H26N2/c1-3-13-7-4-6-12(2)17(13)19-15-8-5-9-16(19)11-14(18)10-15/h4,6-7,14-16H,3,5,8-11,18H2,1-2H3. The molecule has 2 heterocycles. The second kappa shape index (κ2) is 5.16. The van der Waals surface area contributed by atoms with Crippen molar-refractivity contribution in [1.29, 1.82) is 0 Å². The third-order valence-corrected chi connectivity index (χ3v) is 4.97. The summed E-state index contributed by atoms with van der Waals surface area (Å²) in [6.07, 6.45) is 7.50. The van der Waals surface area contributed by atoms with Crippen molar-refractivity contribution in [2.45, 2.75) is 70.5 Å². The summed E-state index contributed by atoms with van der Waals surface area (Å²) >= 11 is 0. The van der Waals surface area contributed by atoms with Crippen molar-refractivity contribution in [3.05, 3.63) is 29.3 Å². The molecular formula is C17H26N2. The number of anilines is 1. The third-order valence-electron chi connectivity index (χ3n) is 4.97. The van der Waals surface area contributed by atoms with Crippen LogP contribution in [0.4, 0.5) is 5.69 Å². The monoisotopic (exact) mass is 258 g/mol. The number of aryl methyl sites for hydroxylation is 2. The molecular weight excluding hydrogens is 232 g/mol. The minimum Gasteiger partial charge on any atom is -0.365 e. The number of rotatable bonds is 2. The Morgan fingerprint density at radius 3 is 2.53 bits per heavy atom. The minimum atomic E-state index is 0.417. The summed E-state index contributed by atoms with van der Waals surface area (Å²) in [4.78, 5) is 2.74. The number of piperidine rings is 2. The van der Waals surface area contributed by atoms with E-state index in [0.717, 1.165) is 6.42 Å². The molecule has 0 radical (unpaired) electrons. The molecule has 2 aliphatic heterocycles. The molecule has 1 aromatic carbocycles. The van der Waals surface area contributed by atoms with E-state index in [1.54, 1.807) is 0 Å². The van der Waals surface area contributed by atoms with Gasteiger partial charge in [-0.2, -0.15) is 0 Å². The van der Waals surface area contributed by atoms with Crippen molar-refractivity contribution in [3.8, 4) is 0 Å². The molecule has 19 heavy (non-hydrogen) atoms. The quantitative estimate of drug-likeness (QED) is 0.881. The maximum atomic E-state index is 6.25. The average Bonchev–Trinajstić information content (AvgIpc) is 2.38. The van der Waals surface area contributed by atoms with Gasteiger partial charge in [0.05, 0.1) is 0 Å². The minimum absolute atomic E-state index is 0.417. The summed E-state index contributed by atoms with van der Waals surface area (Å²) in [5.74, 6) is 0. The van der Waals surface area contributed by atoms with E-state index in [1.165, 1.54) is 48.9 Å². The lowest BCUT2D eigenvalue weighted by molar-refractivity contribution is 0.270. The molecule has 2 bridgehead atoms. The Labute approximate surface area is 117 Å². The maximum absolute atomic E-state index is 6.25. The van der Waals surface area contributed by atoms with Gasteiger partial charge in [-0.1, -0.05) is 25.1 Å². The van der Waals surface area contributed by atoms with Gasteiger partial charge < -0.3 is 10.6 Å². The molecule has 2 heteroatoms. The van der Waals surface area contributed by atoms with Crippen LogP contribution < -0.4 is 10.6 Å². The normalized spacial score (nSPS) is 30.5. The van der Waals surface area contributed by atoms with Crippen LogP contribution in [-0.4, -0.2) is 18.1 Å². The van der Waals surface area contributed by atoms with Crippen molar-refractivity contribution in [2.24, 2.45) is 5.73 Å². The molecule has 3 rings (SSSR count). The van der Waals surface area contributed by atoms with E-state index in [9.17, 15) is 0 Å². The zero-order chi connectivity index (χ0) is 13.4. The fourth-order valence-corrected chi connectivity index (χ4v) is 4.16. The van der Waals surface area contributed by atoms with E-state index in [-0.39, 0.29) is 0 Å². The summed E-state index contributed by atoms with van der Waals surface area (Å²) in [6.45, 7) is 4.53. The van der Waals surface area contributed by atoms with Crippen LogP contribution in [0.5, 0.6) is 0 Å². The van der Waals surface area contributed by atoms with Crippen LogP contribution in [0, 0.1) is 6.92 Å². The number of nitrogens with zero attached hydrogens (tertiary/aromatic N) is 1. The van der Waals surface area contributed by atoms with Gasteiger partial charge in [-0.3, -0.25) is 0 Å². The van der Waals surface area contributed by atoms with Gasteiger partial charge in [0.2, 0.25) is 0 Å². The molecule has 0 amide bonds. The summed E-state index contributed by atoms with van der Waals surface area (Å²) in [5, 5.41) is 0. The number of hydrogen-bond acceptors (Lipinski definition) is 2. The van der Waals surface area contributed by atoms with Gasteiger partial charge in [0.25, 0.3) is 0 Å². The molecule has 2 unspecified atom stereocenters. The van der Waals surface area contributed by atoms with Gasteiger partial charge in [0, 0.05) is 23.8 Å². The Morgan fingerprint density at radius 1 is 1.21 bits per heavy atom. The highest BCUT2D eigenvalue weighted by atomic mass is 15.2. The third kappa shape index (κ3) is 2.27. The Bertz CT molecular complexity index is 441. The SMILES string of the molecule is CCc1cccc(C)c1N1C2CCCC1CC(N)C2. The van der Waals surface area contributed by atoms with Gasteiger partial charge in [-0.25, -0.2) is 0 Å². The van der Waals surface area contributed by atoms with Crippen molar-refractivity contribution < 1.29 is 0 Å². The molecule has 0 aliphatic carbocycles. The van der Waals surface area contributed by atoms with Crippen molar-refractivity contribution in [2.75, 3.05) is 4.90 Å². The molecule has 2 fully saturated rings. The number of hydrogen-bond donors (Lipinski definition) is 1. The van der Waals surface area contributed by atoms with Crippen molar-refractivity contribution >= 4 is 5.69 Å². The average molecular weight is 258 g/mol. The molecule has 0 saturated carbocycles. The zero-order valence-corrected chi connectivity index (χ0v) is 12.2. The Kier molecular flexibility index (Phi) is 3.53. The lowest BCUT2D eigenvalue weighted by Crippen LogP contribution is -2.56. The van der Waals surface area contributed by atoms with Crippen LogP contribution in [0.15, 0.2) is 18.2 Å². The van der Waals surface area contributed by atoms with Crippen LogP contribution in [0.1, 0.15) is 50.2 Å². The lowest BCUT2D eigenvalue weighted by Gasteiger charge is -2.50. The molecule has 2 atom stereocenters. The highest BCUT2D eigenvalue weighted by Crippen LogP contribution is 2.40. The summed E-state index contributed by atoms with van der Waals surface area (Å²) in [5.41, 5.74) is 10.7. The number of fused-ring (bicyclic) bond motifs is 2. The predicted octanol–water partition coefficient (Wildman–Crippen LogP) is 3.41. The summed E-state index contributed by atoms with van der Waals surface area (Å²) < 4.78 is 0. The molecule has 1 aromatic rings. The molecule has 2 saturated heterocycles. The van der Waals surface area contributed by atoms with Crippen LogP contribution in [0.2, 0.25) is 0 Å². The second-order valence-electron chi connectivity index (χ2n) is 6.31. The fraction of sp³-hybridized carbons (Fsp3) is 0.647. The van der Waals surface area contributed by atoms with Crippen LogP contribution in [0.3, 0.4) is 0 Å². The fourth-order valence-electron chi connectivity index (χ4n) is 4.16. The van der Waals surface area contributed by atoms with Crippen LogP contribution >= 0.6 is 0 Å². The first-order valence-electron chi connectivity index (χ1n) is 7.83. The summed E-state index contributed by atoms with van der Waals surface area (Å²) in [6, 6.07) is 8.53. The highest BCUT2D eigenvalue weighted by molar-refractivity contribution is 5.61. The Hall–Kier alpha value is -1.02. The largest absolute Gasteiger partial charge is 0.365 e. The van der Waals surface area contributed by atoms with E-state index in [0.29, 0.717) is 18.1 Å².